The van der Waals surface area contributed by atoms with Gasteiger partial charge in [-0.3, -0.25) is 9.78 Å². The largest absolute Gasteiger partial charge is 0.333 e. The molecule has 5 heteroatoms. The molecule has 1 fully saturated rings. The van der Waals surface area contributed by atoms with Gasteiger partial charge in [-0.15, -0.1) is 0 Å². The number of piperidine rings is 1. The Kier molecular flexibility index (Phi) is 4.90. The number of likely N-dealkylation sites (tertiary alicyclic amines) is 1. The van der Waals surface area contributed by atoms with Crippen molar-refractivity contribution >= 4 is 5.91 Å². The predicted octanol–water partition coefficient (Wildman–Crippen LogP) is 2.65. The second-order valence-corrected chi connectivity index (χ2v) is 6.51. The summed E-state index contributed by atoms with van der Waals surface area (Å²) in [6.07, 6.45) is 5.62. The van der Waals surface area contributed by atoms with Crippen LogP contribution in [0.5, 0.6) is 0 Å². The van der Waals surface area contributed by atoms with Gasteiger partial charge in [-0.1, -0.05) is 19.1 Å². The van der Waals surface area contributed by atoms with E-state index in [2.05, 4.69) is 16.9 Å². The number of nitrogens with two attached hydrogens (primary N) is 1. The monoisotopic (exact) mass is 324 g/mol. The normalized spacial score (nSPS) is 20.9. The van der Waals surface area contributed by atoms with Gasteiger partial charge in [0.2, 0.25) is 0 Å². The van der Waals surface area contributed by atoms with Crippen molar-refractivity contribution in [2.45, 2.75) is 32.7 Å². The number of carbonyl (C=O) groups is 1. The molecule has 0 aliphatic carbocycles. The lowest BCUT2D eigenvalue weighted by Crippen LogP contribution is -2.51. The van der Waals surface area contributed by atoms with Gasteiger partial charge in [0.05, 0.1) is 0 Å². The van der Waals surface area contributed by atoms with Crippen LogP contribution in [0, 0.1) is 12.8 Å². The van der Waals surface area contributed by atoms with Gasteiger partial charge in [-0.2, -0.15) is 0 Å². The molecule has 2 N–H and O–H groups in total. The summed E-state index contributed by atoms with van der Waals surface area (Å²) in [5.41, 5.74) is 9.02. The first-order valence-electron chi connectivity index (χ1n) is 8.51. The Hall–Kier alpha value is -2.27. The van der Waals surface area contributed by atoms with Crippen LogP contribution in [0.25, 0.3) is 11.1 Å². The minimum atomic E-state index is -0.0282. The molecule has 1 aliphatic rings. The Bertz CT molecular complexity index is 717. The molecule has 0 unspecified atom stereocenters. The fraction of sp³-hybridized carbons (Fsp3) is 0.421. The third kappa shape index (κ3) is 3.17. The number of nitrogens with zero attached hydrogens (tertiary/aromatic N) is 3. The van der Waals surface area contributed by atoms with E-state index in [1.807, 2.05) is 36.1 Å². The molecule has 0 bridgehead atoms. The van der Waals surface area contributed by atoms with E-state index in [1.165, 1.54) is 0 Å². The van der Waals surface area contributed by atoms with Gasteiger partial charge < -0.3 is 10.6 Å². The van der Waals surface area contributed by atoms with Crippen LogP contribution in [0.1, 0.15) is 35.9 Å². The standard InChI is InChI=1S/C19H24N4O/c1-13-5-4-10-23(17(13)11-20)19(24)18-16(8-7-14(2)22-18)15-6-3-9-21-12-15/h3,6-9,12-13,17H,4-5,10-11,20H2,1-2H3/t13-,17-/m1/s1. The molecule has 1 aliphatic heterocycles. The van der Waals surface area contributed by atoms with Crippen LogP contribution in [0.3, 0.4) is 0 Å². The summed E-state index contributed by atoms with van der Waals surface area (Å²) in [5.74, 6) is 0.388. The minimum absolute atomic E-state index is 0.0282. The van der Waals surface area contributed by atoms with Gasteiger partial charge in [0.25, 0.3) is 5.91 Å². The zero-order valence-electron chi connectivity index (χ0n) is 14.3. The van der Waals surface area contributed by atoms with Gasteiger partial charge in [-0.25, -0.2) is 4.98 Å². The molecule has 0 saturated carbocycles. The summed E-state index contributed by atoms with van der Waals surface area (Å²) >= 11 is 0. The molecule has 2 aromatic rings. The lowest BCUT2D eigenvalue weighted by atomic mass is 9.90. The van der Waals surface area contributed by atoms with Crippen LogP contribution in [0.4, 0.5) is 0 Å². The smallest absolute Gasteiger partial charge is 0.273 e. The quantitative estimate of drug-likeness (QED) is 0.942. The molecule has 0 aromatic carbocycles. The van der Waals surface area contributed by atoms with Crippen molar-refractivity contribution in [2.24, 2.45) is 11.7 Å². The van der Waals surface area contributed by atoms with Crippen molar-refractivity contribution in [3.8, 4) is 11.1 Å². The first-order valence-corrected chi connectivity index (χ1v) is 8.51. The number of rotatable bonds is 3. The fourth-order valence-corrected chi connectivity index (χ4v) is 3.47. The third-order valence-corrected chi connectivity index (χ3v) is 4.83. The zero-order chi connectivity index (χ0) is 17.1. The summed E-state index contributed by atoms with van der Waals surface area (Å²) in [6, 6.07) is 7.79. The number of amides is 1. The van der Waals surface area contributed by atoms with Gasteiger partial charge >= 0.3 is 0 Å². The van der Waals surface area contributed by atoms with Crippen molar-refractivity contribution < 1.29 is 4.79 Å². The van der Waals surface area contributed by atoms with Gasteiger partial charge in [0.15, 0.2) is 0 Å². The number of carbonyl (C=O) groups excluding carboxylic acids is 1. The van der Waals surface area contributed by atoms with Crippen molar-refractivity contribution in [3.63, 3.8) is 0 Å². The molecule has 3 rings (SSSR count). The number of hydrogen-bond donors (Lipinski definition) is 1. The number of aromatic nitrogens is 2. The van der Waals surface area contributed by atoms with E-state index in [0.717, 1.165) is 36.2 Å². The molecule has 126 valence electrons. The van der Waals surface area contributed by atoms with Crippen molar-refractivity contribution in [3.05, 3.63) is 48.0 Å². The molecule has 2 atom stereocenters. The third-order valence-electron chi connectivity index (χ3n) is 4.83. The maximum absolute atomic E-state index is 13.2. The molecule has 5 nitrogen and oxygen atoms in total. The van der Waals surface area contributed by atoms with E-state index >= 15 is 0 Å². The van der Waals surface area contributed by atoms with E-state index in [-0.39, 0.29) is 11.9 Å². The van der Waals surface area contributed by atoms with Gasteiger partial charge in [0, 0.05) is 48.3 Å². The van der Waals surface area contributed by atoms with Crippen LogP contribution < -0.4 is 5.73 Å². The fourth-order valence-electron chi connectivity index (χ4n) is 3.47. The van der Waals surface area contributed by atoms with Crippen LogP contribution in [-0.4, -0.2) is 39.9 Å². The van der Waals surface area contributed by atoms with Crippen molar-refractivity contribution in [1.29, 1.82) is 0 Å². The highest BCUT2D eigenvalue weighted by Gasteiger charge is 2.33. The summed E-state index contributed by atoms with van der Waals surface area (Å²) < 4.78 is 0. The average Bonchev–Trinajstić information content (AvgIpc) is 2.61. The zero-order valence-corrected chi connectivity index (χ0v) is 14.3. The van der Waals surface area contributed by atoms with Crippen molar-refractivity contribution in [2.75, 3.05) is 13.1 Å². The molecule has 24 heavy (non-hydrogen) atoms. The van der Waals surface area contributed by atoms with E-state index in [9.17, 15) is 4.79 Å². The number of aryl methyl sites for hydroxylation is 1. The molecule has 1 saturated heterocycles. The molecular formula is C19H24N4O. The highest BCUT2D eigenvalue weighted by molar-refractivity contribution is 5.99. The highest BCUT2D eigenvalue weighted by atomic mass is 16.2. The minimum Gasteiger partial charge on any atom is -0.333 e. The molecule has 1 amide bonds. The van der Waals surface area contributed by atoms with E-state index in [1.54, 1.807) is 12.4 Å². The van der Waals surface area contributed by atoms with Crippen LogP contribution in [-0.2, 0) is 0 Å². The summed E-state index contributed by atoms with van der Waals surface area (Å²) in [7, 11) is 0. The summed E-state index contributed by atoms with van der Waals surface area (Å²) in [4.78, 5) is 23.9. The topological polar surface area (TPSA) is 72.1 Å². The van der Waals surface area contributed by atoms with Crippen LogP contribution in [0.2, 0.25) is 0 Å². The Morgan fingerprint density at radius 1 is 1.38 bits per heavy atom. The highest BCUT2D eigenvalue weighted by Crippen LogP contribution is 2.28. The molecule has 0 spiro atoms. The Labute approximate surface area is 142 Å². The van der Waals surface area contributed by atoms with E-state index in [4.69, 9.17) is 5.73 Å². The second-order valence-electron chi connectivity index (χ2n) is 6.51. The van der Waals surface area contributed by atoms with Crippen molar-refractivity contribution in [1.82, 2.24) is 14.9 Å². The van der Waals surface area contributed by atoms with Crippen LogP contribution in [0.15, 0.2) is 36.7 Å². The SMILES string of the molecule is Cc1ccc(-c2cccnc2)c(C(=O)N2CCC[C@@H](C)[C@H]2CN)n1. The van der Waals surface area contributed by atoms with Gasteiger partial charge in [0.1, 0.15) is 5.69 Å². The summed E-state index contributed by atoms with van der Waals surface area (Å²) in [6.45, 7) is 5.31. The average molecular weight is 324 g/mol. The first-order chi connectivity index (χ1) is 11.6. The molecule has 0 radical (unpaired) electrons. The number of pyridine rings is 2. The lowest BCUT2D eigenvalue weighted by Gasteiger charge is -2.39. The first kappa shape index (κ1) is 16.6. The second kappa shape index (κ2) is 7.09. The molecule has 3 heterocycles. The Morgan fingerprint density at radius 3 is 2.92 bits per heavy atom. The van der Waals surface area contributed by atoms with E-state index in [0.29, 0.717) is 18.2 Å². The lowest BCUT2D eigenvalue weighted by molar-refractivity contribution is 0.0527. The van der Waals surface area contributed by atoms with Gasteiger partial charge in [-0.05, 0) is 37.8 Å². The maximum atomic E-state index is 13.2. The molecule has 2 aromatic heterocycles. The Morgan fingerprint density at radius 2 is 2.21 bits per heavy atom. The Balaban J connectivity index is 2.02. The molecular weight excluding hydrogens is 300 g/mol. The van der Waals surface area contributed by atoms with Crippen LogP contribution >= 0.6 is 0 Å². The predicted molar refractivity (Wildman–Crippen MR) is 94.5 cm³/mol. The maximum Gasteiger partial charge on any atom is 0.273 e. The van der Waals surface area contributed by atoms with E-state index < -0.39 is 0 Å². The number of hydrogen-bond acceptors (Lipinski definition) is 4. The summed E-state index contributed by atoms with van der Waals surface area (Å²) in [5, 5.41) is 0.